The van der Waals surface area contributed by atoms with Gasteiger partial charge in [-0.15, -0.1) is 0 Å². The van der Waals surface area contributed by atoms with Gasteiger partial charge in [0.2, 0.25) is 0 Å². The first-order valence-corrected chi connectivity index (χ1v) is 5.31. The lowest BCUT2D eigenvalue weighted by Gasteiger charge is -2.17. The van der Waals surface area contributed by atoms with E-state index in [0.29, 0.717) is 0 Å². The van der Waals surface area contributed by atoms with E-state index in [-0.39, 0.29) is 0 Å². The molecule has 0 bridgehead atoms. The minimum absolute atomic E-state index is 0.784. The third-order valence-corrected chi connectivity index (χ3v) is 2.59. The number of hydrogen-bond acceptors (Lipinski definition) is 2. The molecule has 1 N–H and O–H groups in total. The van der Waals surface area contributed by atoms with Crippen LogP contribution in [-0.2, 0) is 5.60 Å². The summed E-state index contributed by atoms with van der Waals surface area (Å²) in [6.45, 7) is 3.57. The molecule has 82 valence electrons. The molecule has 0 aliphatic heterocycles. The molecule has 1 aromatic carbocycles. The monoisotopic (exact) mass is 213 g/mol. The van der Waals surface area contributed by atoms with E-state index in [4.69, 9.17) is 0 Å². The van der Waals surface area contributed by atoms with Crippen LogP contribution in [0.15, 0.2) is 48.8 Å². The first-order chi connectivity index (χ1) is 7.57. The minimum Gasteiger partial charge on any atom is -0.386 e. The number of benzene rings is 1. The first-order valence-electron chi connectivity index (χ1n) is 5.31. The van der Waals surface area contributed by atoms with Crippen molar-refractivity contribution in [1.29, 1.82) is 0 Å². The second kappa shape index (κ2) is 4.06. The molecule has 0 saturated heterocycles. The average molecular weight is 213 g/mol. The Morgan fingerprint density at radius 2 is 1.69 bits per heavy atom. The van der Waals surface area contributed by atoms with Gasteiger partial charge in [0, 0.05) is 12.4 Å². The number of nitrogens with zero attached hydrogens (tertiary/aromatic N) is 1. The van der Waals surface area contributed by atoms with Crippen LogP contribution in [-0.4, -0.2) is 10.1 Å². The van der Waals surface area contributed by atoms with Gasteiger partial charge in [-0.05, 0) is 36.6 Å². The highest BCUT2D eigenvalue weighted by molar-refractivity contribution is 5.62. The Morgan fingerprint density at radius 3 is 2.19 bits per heavy atom. The summed E-state index contributed by atoms with van der Waals surface area (Å²) in [5, 5.41) is 9.84. The van der Waals surface area contributed by atoms with E-state index in [0.717, 1.165) is 16.7 Å². The molecule has 0 amide bonds. The number of aromatic nitrogens is 1. The molecule has 2 rings (SSSR count). The van der Waals surface area contributed by atoms with Crippen LogP contribution in [0.2, 0.25) is 0 Å². The van der Waals surface area contributed by atoms with E-state index in [9.17, 15) is 5.11 Å². The lowest BCUT2D eigenvalue weighted by atomic mass is 9.96. The van der Waals surface area contributed by atoms with Gasteiger partial charge in [-0.2, -0.15) is 0 Å². The number of aliphatic hydroxyl groups is 1. The Labute approximate surface area is 95.6 Å². The number of rotatable bonds is 2. The highest BCUT2D eigenvalue weighted by Gasteiger charge is 2.15. The smallest absolute Gasteiger partial charge is 0.0840 e. The van der Waals surface area contributed by atoms with Crippen LogP contribution in [0.4, 0.5) is 0 Å². The fourth-order valence-electron chi connectivity index (χ4n) is 1.60. The van der Waals surface area contributed by atoms with Crippen LogP contribution >= 0.6 is 0 Å². The SMILES string of the molecule is CC(C)(O)c1ccc(-c2cccnc2)cc1. The summed E-state index contributed by atoms with van der Waals surface area (Å²) in [5.74, 6) is 0. The molecule has 0 radical (unpaired) electrons. The Hall–Kier alpha value is -1.67. The molecule has 1 heterocycles. The summed E-state index contributed by atoms with van der Waals surface area (Å²) in [4.78, 5) is 4.08. The fourth-order valence-corrected chi connectivity index (χ4v) is 1.60. The van der Waals surface area contributed by atoms with Crippen molar-refractivity contribution in [2.75, 3.05) is 0 Å². The van der Waals surface area contributed by atoms with Crippen molar-refractivity contribution in [3.8, 4) is 11.1 Å². The van der Waals surface area contributed by atoms with E-state index >= 15 is 0 Å². The van der Waals surface area contributed by atoms with Crippen molar-refractivity contribution in [2.45, 2.75) is 19.4 Å². The Morgan fingerprint density at radius 1 is 1.00 bits per heavy atom. The maximum Gasteiger partial charge on any atom is 0.0840 e. The van der Waals surface area contributed by atoms with Crippen LogP contribution < -0.4 is 0 Å². The molecule has 0 aliphatic rings. The van der Waals surface area contributed by atoms with Crippen molar-refractivity contribution in [2.24, 2.45) is 0 Å². The molecular weight excluding hydrogens is 198 g/mol. The Bertz CT molecular complexity index is 454. The second-order valence-corrected chi connectivity index (χ2v) is 4.38. The van der Waals surface area contributed by atoms with Gasteiger partial charge >= 0.3 is 0 Å². The average Bonchev–Trinajstić information content (AvgIpc) is 2.29. The predicted octanol–water partition coefficient (Wildman–Crippen LogP) is 2.98. The van der Waals surface area contributed by atoms with E-state index in [1.807, 2.05) is 42.6 Å². The normalized spacial score (nSPS) is 11.4. The van der Waals surface area contributed by atoms with Crippen LogP contribution in [0.3, 0.4) is 0 Å². The Balaban J connectivity index is 2.34. The summed E-state index contributed by atoms with van der Waals surface area (Å²) in [6.07, 6.45) is 3.59. The maximum absolute atomic E-state index is 9.84. The predicted molar refractivity (Wildman–Crippen MR) is 64.9 cm³/mol. The molecule has 0 unspecified atom stereocenters. The van der Waals surface area contributed by atoms with Crippen molar-refractivity contribution in [1.82, 2.24) is 4.98 Å². The standard InChI is InChI=1S/C14H15NO/c1-14(2,16)13-7-5-11(6-8-13)12-4-3-9-15-10-12/h3-10,16H,1-2H3. The van der Waals surface area contributed by atoms with E-state index in [2.05, 4.69) is 4.98 Å². The van der Waals surface area contributed by atoms with Gasteiger partial charge in [0.1, 0.15) is 0 Å². The van der Waals surface area contributed by atoms with E-state index in [1.165, 1.54) is 0 Å². The molecule has 0 fully saturated rings. The van der Waals surface area contributed by atoms with Gasteiger partial charge in [0.15, 0.2) is 0 Å². The van der Waals surface area contributed by atoms with Gasteiger partial charge in [0.25, 0.3) is 0 Å². The highest BCUT2D eigenvalue weighted by Crippen LogP contribution is 2.23. The fraction of sp³-hybridized carbons (Fsp3) is 0.214. The summed E-state index contributed by atoms with van der Waals surface area (Å²) >= 11 is 0. The van der Waals surface area contributed by atoms with E-state index < -0.39 is 5.60 Å². The van der Waals surface area contributed by atoms with Gasteiger partial charge in [-0.1, -0.05) is 30.3 Å². The van der Waals surface area contributed by atoms with Crippen molar-refractivity contribution < 1.29 is 5.11 Å². The molecule has 2 nitrogen and oxygen atoms in total. The second-order valence-electron chi connectivity index (χ2n) is 4.38. The molecule has 1 aromatic heterocycles. The topological polar surface area (TPSA) is 33.1 Å². The largest absolute Gasteiger partial charge is 0.386 e. The molecule has 0 saturated carbocycles. The van der Waals surface area contributed by atoms with Crippen molar-refractivity contribution in [3.05, 3.63) is 54.4 Å². The third-order valence-electron chi connectivity index (χ3n) is 2.59. The van der Waals surface area contributed by atoms with Gasteiger partial charge in [-0.25, -0.2) is 0 Å². The molecule has 0 spiro atoms. The highest BCUT2D eigenvalue weighted by atomic mass is 16.3. The number of hydrogen-bond donors (Lipinski definition) is 1. The molecule has 0 aliphatic carbocycles. The Kier molecular flexibility index (Phi) is 2.75. The summed E-state index contributed by atoms with van der Waals surface area (Å²) in [6, 6.07) is 11.8. The third kappa shape index (κ3) is 2.28. The zero-order chi connectivity index (χ0) is 11.6. The van der Waals surface area contributed by atoms with Crippen LogP contribution in [0.1, 0.15) is 19.4 Å². The summed E-state index contributed by atoms with van der Waals surface area (Å²) < 4.78 is 0. The van der Waals surface area contributed by atoms with E-state index in [1.54, 1.807) is 20.0 Å². The lowest BCUT2D eigenvalue weighted by molar-refractivity contribution is 0.0786. The quantitative estimate of drug-likeness (QED) is 0.832. The van der Waals surface area contributed by atoms with Crippen molar-refractivity contribution >= 4 is 0 Å². The number of pyridine rings is 1. The molecule has 2 heteroatoms. The minimum atomic E-state index is -0.784. The summed E-state index contributed by atoms with van der Waals surface area (Å²) in [7, 11) is 0. The van der Waals surface area contributed by atoms with Gasteiger partial charge in [-0.3, -0.25) is 4.98 Å². The van der Waals surface area contributed by atoms with Crippen LogP contribution in [0, 0.1) is 0 Å². The summed E-state index contributed by atoms with van der Waals surface area (Å²) in [5.41, 5.74) is 2.33. The van der Waals surface area contributed by atoms with Crippen LogP contribution in [0.5, 0.6) is 0 Å². The van der Waals surface area contributed by atoms with Crippen LogP contribution in [0.25, 0.3) is 11.1 Å². The molecular formula is C14H15NO. The molecule has 16 heavy (non-hydrogen) atoms. The van der Waals surface area contributed by atoms with Gasteiger partial charge in [0.05, 0.1) is 5.60 Å². The molecule has 2 aromatic rings. The molecule has 0 atom stereocenters. The zero-order valence-corrected chi connectivity index (χ0v) is 9.51. The lowest BCUT2D eigenvalue weighted by Crippen LogP contribution is -2.14. The maximum atomic E-state index is 9.84. The zero-order valence-electron chi connectivity index (χ0n) is 9.51. The van der Waals surface area contributed by atoms with Gasteiger partial charge < -0.3 is 5.11 Å². The van der Waals surface area contributed by atoms with Crippen molar-refractivity contribution in [3.63, 3.8) is 0 Å². The first kappa shape index (κ1) is 10.8.